The molecular weight excluding hydrogens is 393 g/mol. The fourth-order valence-electron chi connectivity index (χ4n) is 3.33. The van der Waals surface area contributed by atoms with Crippen molar-refractivity contribution in [3.63, 3.8) is 0 Å². The summed E-state index contributed by atoms with van der Waals surface area (Å²) in [6, 6.07) is 10.0. The predicted octanol–water partition coefficient (Wildman–Crippen LogP) is 1.67. The highest BCUT2D eigenvalue weighted by Crippen LogP contribution is 2.32. The second kappa shape index (κ2) is 10.6. The number of carbonyl (C=O) groups excluding carboxylic acids is 1. The number of methoxy groups -OCH3 is 1. The van der Waals surface area contributed by atoms with Crippen molar-refractivity contribution in [1.29, 1.82) is 0 Å². The van der Waals surface area contributed by atoms with Crippen LogP contribution in [0, 0.1) is 5.92 Å². The standard InChI is InChI=1S/C17H24N2O3.C2HF3O2/c1-21-8-7-19-11-14-9-15(16(12-19)22-14)17(20)18-10-13-5-3-2-4-6-13;3-2(4,5)1(6)7/h2-6,14-16H,7-12H2,1H3,(H,18,20);(H,6,7). The Morgan fingerprint density at radius 1 is 1.28 bits per heavy atom. The van der Waals surface area contributed by atoms with Crippen LogP contribution < -0.4 is 5.32 Å². The van der Waals surface area contributed by atoms with E-state index in [9.17, 15) is 18.0 Å². The number of aliphatic carboxylic acids is 1. The number of alkyl halides is 3. The van der Waals surface area contributed by atoms with Gasteiger partial charge in [0.05, 0.1) is 24.7 Å². The molecule has 1 aromatic rings. The third-order valence-corrected chi connectivity index (χ3v) is 4.73. The third-order valence-electron chi connectivity index (χ3n) is 4.73. The first-order valence-corrected chi connectivity index (χ1v) is 9.19. The second-order valence-corrected chi connectivity index (χ2v) is 6.90. The highest BCUT2D eigenvalue weighted by Gasteiger charge is 2.44. The number of hydrogen-bond donors (Lipinski definition) is 2. The molecule has 0 spiro atoms. The molecule has 2 aliphatic rings. The maximum Gasteiger partial charge on any atom is 0.490 e. The van der Waals surface area contributed by atoms with Gasteiger partial charge in [-0.25, -0.2) is 4.79 Å². The molecule has 0 aliphatic carbocycles. The molecule has 3 rings (SSSR count). The minimum Gasteiger partial charge on any atom is -0.475 e. The molecular formula is C19H25F3N2O5. The highest BCUT2D eigenvalue weighted by atomic mass is 19.4. The van der Waals surface area contributed by atoms with Gasteiger partial charge in [-0.3, -0.25) is 9.69 Å². The Labute approximate surface area is 166 Å². The first kappa shape index (κ1) is 23.1. The van der Waals surface area contributed by atoms with E-state index < -0.39 is 12.1 Å². The summed E-state index contributed by atoms with van der Waals surface area (Å²) in [7, 11) is 1.72. The number of hydrogen-bond acceptors (Lipinski definition) is 5. The number of carboxylic acids is 1. The van der Waals surface area contributed by atoms with Crippen molar-refractivity contribution < 1.29 is 37.3 Å². The highest BCUT2D eigenvalue weighted by molar-refractivity contribution is 5.79. The van der Waals surface area contributed by atoms with E-state index in [2.05, 4.69) is 10.2 Å². The zero-order valence-corrected chi connectivity index (χ0v) is 16.0. The molecule has 1 aromatic carbocycles. The van der Waals surface area contributed by atoms with Crippen LogP contribution in [-0.4, -0.2) is 73.6 Å². The van der Waals surface area contributed by atoms with E-state index in [-0.39, 0.29) is 24.0 Å². The number of likely N-dealkylation sites (tertiary alicyclic amines) is 1. The van der Waals surface area contributed by atoms with Crippen molar-refractivity contribution in [1.82, 2.24) is 10.2 Å². The Morgan fingerprint density at radius 2 is 1.93 bits per heavy atom. The molecule has 2 saturated heterocycles. The lowest BCUT2D eigenvalue weighted by molar-refractivity contribution is -0.192. The van der Waals surface area contributed by atoms with E-state index in [0.29, 0.717) is 6.54 Å². The maximum absolute atomic E-state index is 12.4. The second-order valence-electron chi connectivity index (χ2n) is 6.90. The third kappa shape index (κ3) is 7.30. The van der Waals surface area contributed by atoms with Gasteiger partial charge in [0.1, 0.15) is 0 Å². The van der Waals surface area contributed by atoms with Crippen molar-refractivity contribution in [3.8, 4) is 0 Å². The summed E-state index contributed by atoms with van der Waals surface area (Å²) in [5.41, 5.74) is 1.12. The summed E-state index contributed by atoms with van der Waals surface area (Å²) in [6.07, 6.45) is -4.05. The number of rotatable bonds is 6. The molecule has 2 N–H and O–H groups in total. The number of morpholine rings is 1. The molecule has 0 aromatic heterocycles. The fraction of sp³-hybridized carbons (Fsp3) is 0.579. The van der Waals surface area contributed by atoms with Gasteiger partial charge >= 0.3 is 12.1 Å². The summed E-state index contributed by atoms with van der Waals surface area (Å²) in [6.45, 7) is 3.95. The van der Waals surface area contributed by atoms with Crippen molar-refractivity contribution in [2.45, 2.75) is 31.3 Å². The number of fused-ring (bicyclic) bond motifs is 2. The summed E-state index contributed by atoms with van der Waals surface area (Å²) in [5, 5.41) is 10.2. The predicted molar refractivity (Wildman–Crippen MR) is 97.1 cm³/mol. The number of nitrogens with one attached hydrogen (secondary N) is 1. The molecule has 0 saturated carbocycles. The van der Waals surface area contributed by atoms with Gasteiger partial charge in [0.2, 0.25) is 5.91 Å². The van der Waals surface area contributed by atoms with E-state index in [4.69, 9.17) is 19.4 Å². The molecule has 3 atom stereocenters. The Morgan fingerprint density at radius 3 is 2.52 bits per heavy atom. The number of ether oxygens (including phenoxy) is 2. The van der Waals surface area contributed by atoms with Crippen LogP contribution in [0.25, 0.3) is 0 Å². The minimum absolute atomic E-state index is 0.0198. The Hall–Kier alpha value is -2.17. The lowest BCUT2D eigenvalue weighted by Crippen LogP contribution is -2.46. The number of carboxylic acid groups (broad SMARTS) is 1. The summed E-state index contributed by atoms with van der Waals surface area (Å²) >= 11 is 0. The zero-order chi connectivity index (χ0) is 21.4. The molecule has 29 heavy (non-hydrogen) atoms. The number of amides is 1. The monoisotopic (exact) mass is 418 g/mol. The summed E-state index contributed by atoms with van der Waals surface area (Å²) in [4.78, 5) is 23.7. The quantitative estimate of drug-likeness (QED) is 0.731. The lowest BCUT2D eigenvalue weighted by Gasteiger charge is -2.32. The van der Waals surface area contributed by atoms with Crippen LogP contribution in [0.1, 0.15) is 12.0 Å². The average Bonchev–Trinajstić information content (AvgIpc) is 2.99. The molecule has 162 valence electrons. The van der Waals surface area contributed by atoms with Gasteiger partial charge in [-0.1, -0.05) is 30.3 Å². The molecule has 2 aliphatic heterocycles. The van der Waals surface area contributed by atoms with Crippen LogP contribution >= 0.6 is 0 Å². The molecule has 2 fully saturated rings. The molecule has 10 heteroatoms. The van der Waals surface area contributed by atoms with Crippen LogP contribution in [-0.2, 0) is 25.6 Å². The van der Waals surface area contributed by atoms with Gasteiger partial charge in [0.25, 0.3) is 0 Å². The smallest absolute Gasteiger partial charge is 0.475 e. The zero-order valence-electron chi connectivity index (χ0n) is 16.0. The molecule has 1 amide bonds. The maximum atomic E-state index is 12.4. The van der Waals surface area contributed by atoms with E-state index in [1.165, 1.54) is 0 Å². The molecule has 7 nitrogen and oxygen atoms in total. The minimum atomic E-state index is -5.08. The van der Waals surface area contributed by atoms with Crippen LogP contribution in [0.4, 0.5) is 13.2 Å². The van der Waals surface area contributed by atoms with E-state index in [1.54, 1.807) is 7.11 Å². The first-order chi connectivity index (χ1) is 13.7. The summed E-state index contributed by atoms with van der Waals surface area (Å²) in [5.74, 6) is -2.67. The Balaban J connectivity index is 0.000000370. The summed E-state index contributed by atoms with van der Waals surface area (Å²) < 4.78 is 42.8. The van der Waals surface area contributed by atoms with Crippen LogP contribution in [0.15, 0.2) is 30.3 Å². The van der Waals surface area contributed by atoms with Crippen molar-refractivity contribution in [3.05, 3.63) is 35.9 Å². The average molecular weight is 418 g/mol. The Kier molecular flexibility index (Phi) is 8.42. The number of nitrogens with zero attached hydrogens (tertiary/aromatic N) is 1. The van der Waals surface area contributed by atoms with Crippen molar-refractivity contribution in [2.75, 3.05) is 33.4 Å². The van der Waals surface area contributed by atoms with Crippen LogP contribution in [0.2, 0.25) is 0 Å². The molecule has 3 unspecified atom stereocenters. The topological polar surface area (TPSA) is 88.1 Å². The first-order valence-electron chi connectivity index (χ1n) is 9.19. The number of carbonyl (C=O) groups is 2. The number of benzene rings is 1. The molecule has 2 heterocycles. The van der Waals surface area contributed by atoms with Crippen molar-refractivity contribution in [2.24, 2.45) is 5.92 Å². The normalized spacial score (nSPS) is 23.8. The largest absolute Gasteiger partial charge is 0.490 e. The van der Waals surface area contributed by atoms with Crippen LogP contribution in [0.5, 0.6) is 0 Å². The van der Waals surface area contributed by atoms with Gasteiger partial charge in [-0.2, -0.15) is 13.2 Å². The van der Waals surface area contributed by atoms with Gasteiger partial charge in [-0.15, -0.1) is 0 Å². The Bertz CT molecular complexity index is 672. The van der Waals surface area contributed by atoms with Gasteiger partial charge in [0.15, 0.2) is 0 Å². The van der Waals surface area contributed by atoms with Gasteiger partial charge in [0, 0.05) is 33.3 Å². The van der Waals surface area contributed by atoms with E-state index in [0.717, 1.165) is 38.2 Å². The van der Waals surface area contributed by atoms with E-state index >= 15 is 0 Å². The molecule has 0 radical (unpaired) electrons. The molecule has 2 bridgehead atoms. The van der Waals surface area contributed by atoms with Gasteiger partial charge < -0.3 is 19.9 Å². The van der Waals surface area contributed by atoms with E-state index in [1.807, 2.05) is 30.3 Å². The fourth-order valence-corrected chi connectivity index (χ4v) is 3.33. The van der Waals surface area contributed by atoms with Crippen molar-refractivity contribution >= 4 is 11.9 Å². The van der Waals surface area contributed by atoms with Gasteiger partial charge in [-0.05, 0) is 12.0 Å². The lowest BCUT2D eigenvalue weighted by atomic mass is 9.99. The number of halogens is 3. The SMILES string of the molecule is COCCN1CC2CC(C(=O)NCc3ccccc3)C(C1)O2.O=C(O)C(F)(F)F. The van der Waals surface area contributed by atoms with Crippen LogP contribution in [0.3, 0.4) is 0 Å².